The first-order valence-electron chi connectivity index (χ1n) is 6.30. The maximum Gasteiger partial charge on any atom is 0.325 e. The first kappa shape index (κ1) is 11.6. The first-order valence-corrected chi connectivity index (χ1v) is 6.30. The van der Waals surface area contributed by atoms with Crippen molar-refractivity contribution in [3.63, 3.8) is 0 Å². The van der Waals surface area contributed by atoms with Gasteiger partial charge in [-0.1, -0.05) is 13.3 Å². The molecule has 0 amide bonds. The van der Waals surface area contributed by atoms with Crippen molar-refractivity contribution >= 4 is 11.2 Å². The fraction of sp³-hybridized carbons (Fsp3) is 0.214. The summed E-state index contributed by atoms with van der Waals surface area (Å²) >= 11 is 0. The smallest absolute Gasteiger partial charge is 0.304 e. The minimum absolute atomic E-state index is 0.225. The largest absolute Gasteiger partial charge is 0.325 e. The summed E-state index contributed by atoms with van der Waals surface area (Å²) in [5, 5.41) is 0. The van der Waals surface area contributed by atoms with Crippen molar-refractivity contribution in [3.8, 4) is 11.1 Å². The molecule has 0 saturated carbocycles. The second-order valence-corrected chi connectivity index (χ2v) is 4.44. The number of H-pyrrole nitrogens is 2. The molecule has 3 aromatic heterocycles. The molecule has 2 N–H and O–H groups in total. The Hall–Kier alpha value is -2.43. The van der Waals surface area contributed by atoms with E-state index in [1.807, 2.05) is 18.2 Å². The van der Waals surface area contributed by atoms with Gasteiger partial charge in [0.2, 0.25) is 0 Å². The van der Waals surface area contributed by atoms with Crippen LogP contribution in [0.25, 0.3) is 22.3 Å². The number of aromatic nitrogens is 4. The Bertz CT molecular complexity index is 758. The minimum Gasteiger partial charge on any atom is -0.304 e. The van der Waals surface area contributed by atoms with Gasteiger partial charge in [-0.2, -0.15) is 0 Å². The second kappa shape index (κ2) is 4.68. The lowest BCUT2D eigenvalue weighted by Gasteiger charge is -2.08. The molecule has 5 nitrogen and oxygen atoms in total. The van der Waals surface area contributed by atoms with E-state index in [1.54, 1.807) is 12.4 Å². The molecule has 0 spiro atoms. The molecule has 3 heterocycles. The van der Waals surface area contributed by atoms with Gasteiger partial charge in [-0.05, 0) is 30.2 Å². The van der Waals surface area contributed by atoms with E-state index in [2.05, 4.69) is 26.9 Å². The van der Waals surface area contributed by atoms with Crippen molar-refractivity contribution < 1.29 is 0 Å². The lowest BCUT2D eigenvalue weighted by atomic mass is 10.0. The summed E-state index contributed by atoms with van der Waals surface area (Å²) in [7, 11) is 0. The maximum atomic E-state index is 11.3. The normalized spacial score (nSPS) is 11.0. The summed E-state index contributed by atoms with van der Waals surface area (Å²) in [6.07, 6.45) is 5.40. The lowest BCUT2D eigenvalue weighted by molar-refractivity contribution is 0.890. The predicted octanol–water partition coefficient (Wildman–Crippen LogP) is 2.27. The Balaban J connectivity index is 2.25. The fourth-order valence-electron chi connectivity index (χ4n) is 2.21. The Morgan fingerprint density at radius 3 is 2.74 bits per heavy atom. The van der Waals surface area contributed by atoms with Gasteiger partial charge in [0.05, 0.1) is 11.2 Å². The van der Waals surface area contributed by atoms with Crippen molar-refractivity contribution in [1.29, 1.82) is 0 Å². The molecule has 0 fully saturated rings. The van der Waals surface area contributed by atoms with E-state index in [0.29, 0.717) is 5.65 Å². The maximum absolute atomic E-state index is 11.3. The Kier molecular flexibility index (Phi) is 2.87. The molecule has 19 heavy (non-hydrogen) atoms. The van der Waals surface area contributed by atoms with Crippen LogP contribution in [0.3, 0.4) is 0 Å². The molecule has 0 saturated heterocycles. The van der Waals surface area contributed by atoms with Gasteiger partial charge in [0.1, 0.15) is 0 Å². The number of rotatable bonds is 3. The Labute approximate surface area is 109 Å². The molecule has 0 aromatic carbocycles. The number of hydrogen-bond acceptors (Lipinski definition) is 3. The summed E-state index contributed by atoms with van der Waals surface area (Å²) in [5.41, 5.74) is 4.23. The number of aryl methyl sites for hydroxylation is 1. The average molecular weight is 254 g/mol. The molecule has 0 radical (unpaired) electrons. The highest BCUT2D eigenvalue weighted by molar-refractivity contribution is 5.79. The molecule has 3 aromatic rings. The van der Waals surface area contributed by atoms with E-state index < -0.39 is 0 Å². The average Bonchev–Trinajstić information content (AvgIpc) is 2.78. The number of hydrogen-bond donors (Lipinski definition) is 2. The monoisotopic (exact) mass is 254 g/mol. The molecular formula is C14H14N4O. The van der Waals surface area contributed by atoms with Gasteiger partial charge >= 0.3 is 5.69 Å². The van der Waals surface area contributed by atoms with E-state index >= 15 is 0 Å². The molecular weight excluding hydrogens is 240 g/mol. The summed E-state index contributed by atoms with van der Waals surface area (Å²) in [4.78, 5) is 25.4. The van der Waals surface area contributed by atoms with Gasteiger partial charge < -0.3 is 4.98 Å². The summed E-state index contributed by atoms with van der Waals surface area (Å²) < 4.78 is 0. The third kappa shape index (κ3) is 2.14. The summed E-state index contributed by atoms with van der Waals surface area (Å²) in [5.74, 6) is 0. The minimum atomic E-state index is -0.225. The van der Waals surface area contributed by atoms with E-state index in [4.69, 9.17) is 0 Å². The zero-order valence-electron chi connectivity index (χ0n) is 10.6. The van der Waals surface area contributed by atoms with Gasteiger partial charge in [-0.3, -0.25) is 9.97 Å². The van der Waals surface area contributed by atoms with Crippen LogP contribution in [-0.4, -0.2) is 19.9 Å². The number of pyridine rings is 2. The van der Waals surface area contributed by atoms with E-state index in [1.165, 1.54) is 0 Å². The van der Waals surface area contributed by atoms with Gasteiger partial charge in [-0.25, -0.2) is 9.78 Å². The molecule has 3 rings (SSSR count). The molecule has 5 heteroatoms. The number of nitrogens with zero attached hydrogens (tertiary/aromatic N) is 2. The van der Waals surface area contributed by atoms with Crippen LogP contribution < -0.4 is 5.69 Å². The lowest BCUT2D eigenvalue weighted by Crippen LogP contribution is -1.99. The van der Waals surface area contributed by atoms with E-state index in [9.17, 15) is 4.79 Å². The second-order valence-electron chi connectivity index (χ2n) is 4.44. The Morgan fingerprint density at radius 1 is 1.21 bits per heavy atom. The third-order valence-corrected chi connectivity index (χ3v) is 3.06. The summed E-state index contributed by atoms with van der Waals surface area (Å²) in [6.45, 7) is 2.11. The first-order chi connectivity index (χ1) is 9.28. The standard InChI is InChI=1S/C14H14N4O/c1-2-3-11-10(9-4-6-15-7-5-9)8-12-13(16-11)18-14(19)17-12/h4-8H,2-3H2,1H3,(H2,16,17,18,19). The number of aromatic amines is 2. The number of imidazole rings is 1. The Morgan fingerprint density at radius 2 is 2.00 bits per heavy atom. The molecule has 0 aliphatic rings. The number of nitrogens with one attached hydrogen (secondary N) is 2. The van der Waals surface area contributed by atoms with Crippen molar-refractivity contribution in [2.24, 2.45) is 0 Å². The van der Waals surface area contributed by atoms with E-state index in [-0.39, 0.29) is 5.69 Å². The van der Waals surface area contributed by atoms with Crippen LogP contribution in [0.5, 0.6) is 0 Å². The van der Waals surface area contributed by atoms with Crippen LogP contribution >= 0.6 is 0 Å². The molecule has 0 atom stereocenters. The molecule has 0 bridgehead atoms. The van der Waals surface area contributed by atoms with Gasteiger partial charge in [0, 0.05) is 18.0 Å². The predicted molar refractivity (Wildman–Crippen MR) is 73.9 cm³/mol. The van der Waals surface area contributed by atoms with Gasteiger partial charge in [-0.15, -0.1) is 0 Å². The van der Waals surface area contributed by atoms with Crippen molar-refractivity contribution in [2.75, 3.05) is 0 Å². The van der Waals surface area contributed by atoms with Crippen molar-refractivity contribution in [2.45, 2.75) is 19.8 Å². The van der Waals surface area contributed by atoms with Crippen LogP contribution in [0, 0.1) is 0 Å². The highest BCUT2D eigenvalue weighted by Gasteiger charge is 2.10. The molecule has 0 aliphatic heterocycles. The molecule has 0 aliphatic carbocycles. The molecule has 0 unspecified atom stereocenters. The van der Waals surface area contributed by atoms with Crippen LogP contribution in [0.2, 0.25) is 0 Å². The highest BCUT2D eigenvalue weighted by atomic mass is 16.1. The van der Waals surface area contributed by atoms with Crippen LogP contribution in [-0.2, 0) is 6.42 Å². The number of fused-ring (bicyclic) bond motifs is 1. The summed E-state index contributed by atoms with van der Waals surface area (Å²) in [6, 6.07) is 5.88. The zero-order chi connectivity index (χ0) is 13.2. The third-order valence-electron chi connectivity index (χ3n) is 3.06. The quantitative estimate of drug-likeness (QED) is 0.753. The van der Waals surface area contributed by atoms with Gasteiger partial charge in [0.25, 0.3) is 0 Å². The van der Waals surface area contributed by atoms with Crippen LogP contribution in [0.4, 0.5) is 0 Å². The van der Waals surface area contributed by atoms with Crippen molar-refractivity contribution in [3.05, 3.63) is 46.8 Å². The SMILES string of the molecule is CCCc1nc2[nH]c(=O)[nH]c2cc1-c1ccncc1. The van der Waals surface area contributed by atoms with Crippen LogP contribution in [0.1, 0.15) is 19.0 Å². The fourth-order valence-corrected chi connectivity index (χ4v) is 2.21. The topological polar surface area (TPSA) is 74.4 Å². The zero-order valence-corrected chi connectivity index (χ0v) is 10.6. The van der Waals surface area contributed by atoms with Gasteiger partial charge in [0.15, 0.2) is 5.65 Å². The van der Waals surface area contributed by atoms with Crippen LogP contribution in [0.15, 0.2) is 35.4 Å². The van der Waals surface area contributed by atoms with E-state index in [0.717, 1.165) is 35.2 Å². The molecule has 96 valence electrons. The highest BCUT2D eigenvalue weighted by Crippen LogP contribution is 2.25. The van der Waals surface area contributed by atoms with Crippen molar-refractivity contribution in [1.82, 2.24) is 19.9 Å².